The van der Waals surface area contributed by atoms with Gasteiger partial charge in [0, 0.05) is 10.2 Å². The smallest absolute Gasteiger partial charge is 0.320 e. The van der Waals surface area contributed by atoms with Crippen molar-refractivity contribution in [1.29, 1.82) is 0 Å². The van der Waals surface area contributed by atoms with Crippen LogP contribution in [0.2, 0.25) is 0 Å². The number of aromatic nitrogens is 2. The van der Waals surface area contributed by atoms with Crippen LogP contribution in [0.4, 0.5) is 11.7 Å². The van der Waals surface area contributed by atoms with Crippen molar-refractivity contribution in [2.45, 2.75) is 33.2 Å². The topological polar surface area (TPSA) is 63.0 Å². The van der Waals surface area contributed by atoms with E-state index in [0.717, 1.165) is 23.1 Å². The Bertz CT molecular complexity index is 570. The fourth-order valence-corrected chi connectivity index (χ4v) is 2.08. The maximum absolute atomic E-state index is 5.61. The molecule has 1 atom stereocenters. The fraction of sp³-hybridized carbons (Fsp3) is 0.429. The quantitative estimate of drug-likeness (QED) is 0.834. The lowest BCUT2D eigenvalue weighted by atomic mass is 10.2. The number of rotatable bonds is 6. The second-order valence-electron chi connectivity index (χ2n) is 4.71. The van der Waals surface area contributed by atoms with Crippen molar-refractivity contribution in [2.75, 3.05) is 11.9 Å². The van der Waals surface area contributed by atoms with Crippen LogP contribution < -0.4 is 10.6 Å². The summed E-state index contributed by atoms with van der Waals surface area (Å²) in [4.78, 5) is 0. The van der Waals surface area contributed by atoms with E-state index in [4.69, 9.17) is 4.42 Å². The van der Waals surface area contributed by atoms with Gasteiger partial charge in [0.1, 0.15) is 0 Å². The molecule has 1 aromatic carbocycles. The molecule has 1 heterocycles. The standard InChI is InChI=1S/C14H19BrN4O/c1-4-7-16-10(3)13-18-19-14(20-13)17-11-6-5-9(2)12(15)8-11/h5-6,8,10,16H,4,7H2,1-3H3,(H,17,19). The minimum atomic E-state index is 0.0581. The molecule has 2 aromatic rings. The Balaban J connectivity index is 2.03. The monoisotopic (exact) mass is 338 g/mol. The number of hydrogen-bond donors (Lipinski definition) is 2. The molecule has 1 unspecified atom stereocenters. The first-order chi connectivity index (χ1) is 9.60. The maximum atomic E-state index is 5.61. The molecule has 1 aromatic heterocycles. The predicted octanol–water partition coefficient (Wildman–Crippen LogP) is 3.94. The van der Waals surface area contributed by atoms with E-state index in [1.807, 2.05) is 32.0 Å². The molecule has 0 radical (unpaired) electrons. The van der Waals surface area contributed by atoms with Gasteiger partial charge in [-0.2, -0.15) is 0 Å². The maximum Gasteiger partial charge on any atom is 0.320 e. The Hall–Kier alpha value is -1.40. The molecule has 0 bridgehead atoms. The van der Waals surface area contributed by atoms with Gasteiger partial charge in [-0.1, -0.05) is 34.0 Å². The third-order valence-electron chi connectivity index (χ3n) is 2.93. The van der Waals surface area contributed by atoms with Gasteiger partial charge in [0.2, 0.25) is 5.89 Å². The Kier molecular flexibility index (Phi) is 5.14. The second kappa shape index (κ2) is 6.85. The van der Waals surface area contributed by atoms with Gasteiger partial charge >= 0.3 is 6.01 Å². The Labute approximate surface area is 127 Å². The lowest BCUT2D eigenvalue weighted by Crippen LogP contribution is -2.19. The van der Waals surface area contributed by atoms with Gasteiger partial charge in [-0.25, -0.2) is 0 Å². The summed E-state index contributed by atoms with van der Waals surface area (Å²) in [6.07, 6.45) is 1.07. The van der Waals surface area contributed by atoms with Crippen LogP contribution in [0, 0.1) is 6.92 Å². The molecule has 108 valence electrons. The number of anilines is 2. The third-order valence-corrected chi connectivity index (χ3v) is 3.79. The minimum Gasteiger partial charge on any atom is -0.406 e. The summed E-state index contributed by atoms with van der Waals surface area (Å²) >= 11 is 3.50. The van der Waals surface area contributed by atoms with Crippen molar-refractivity contribution in [3.63, 3.8) is 0 Å². The number of halogens is 1. The normalized spacial score (nSPS) is 12.4. The van der Waals surface area contributed by atoms with Crippen LogP contribution in [0.1, 0.15) is 37.8 Å². The molecule has 2 rings (SSSR count). The summed E-state index contributed by atoms with van der Waals surface area (Å²) in [5, 5.41) is 14.5. The zero-order valence-corrected chi connectivity index (χ0v) is 13.5. The predicted molar refractivity (Wildman–Crippen MR) is 83.2 cm³/mol. The van der Waals surface area contributed by atoms with Crippen LogP contribution in [-0.2, 0) is 0 Å². The van der Waals surface area contributed by atoms with Crippen molar-refractivity contribution in [1.82, 2.24) is 15.5 Å². The van der Waals surface area contributed by atoms with E-state index in [9.17, 15) is 0 Å². The number of hydrogen-bond acceptors (Lipinski definition) is 5. The first kappa shape index (κ1) is 15.0. The van der Waals surface area contributed by atoms with E-state index in [0.29, 0.717) is 11.9 Å². The van der Waals surface area contributed by atoms with Crippen molar-refractivity contribution in [3.05, 3.63) is 34.1 Å². The van der Waals surface area contributed by atoms with E-state index in [2.05, 4.69) is 43.7 Å². The van der Waals surface area contributed by atoms with Crippen molar-refractivity contribution >= 4 is 27.6 Å². The SMILES string of the molecule is CCCNC(C)c1nnc(Nc2ccc(C)c(Br)c2)o1. The number of nitrogens with one attached hydrogen (secondary N) is 2. The molecule has 0 aliphatic carbocycles. The summed E-state index contributed by atoms with van der Waals surface area (Å²) < 4.78 is 6.65. The van der Waals surface area contributed by atoms with E-state index in [1.54, 1.807) is 0 Å². The van der Waals surface area contributed by atoms with Crippen LogP contribution in [0.3, 0.4) is 0 Å². The average Bonchev–Trinajstić information content (AvgIpc) is 2.89. The molecule has 0 saturated heterocycles. The molecule has 0 fully saturated rings. The second-order valence-corrected chi connectivity index (χ2v) is 5.56. The van der Waals surface area contributed by atoms with Crippen molar-refractivity contribution < 1.29 is 4.42 Å². The molecular weight excluding hydrogens is 320 g/mol. The molecule has 0 amide bonds. The minimum absolute atomic E-state index is 0.0581. The zero-order chi connectivity index (χ0) is 14.5. The van der Waals surface area contributed by atoms with E-state index >= 15 is 0 Å². The molecular formula is C14H19BrN4O. The largest absolute Gasteiger partial charge is 0.406 e. The molecule has 0 spiro atoms. The number of benzene rings is 1. The summed E-state index contributed by atoms with van der Waals surface area (Å²) in [5.41, 5.74) is 2.09. The van der Waals surface area contributed by atoms with Crippen LogP contribution in [0.15, 0.2) is 27.1 Å². The van der Waals surface area contributed by atoms with Gasteiger partial charge < -0.3 is 15.1 Å². The van der Waals surface area contributed by atoms with Gasteiger partial charge in [-0.15, -0.1) is 5.10 Å². The Morgan fingerprint density at radius 3 is 2.85 bits per heavy atom. The van der Waals surface area contributed by atoms with Crippen molar-refractivity contribution in [2.24, 2.45) is 0 Å². The molecule has 0 saturated carbocycles. The molecule has 0 aliphatic heterocycles. The molecule has 2 N–H and O–H groups in total. The van der Waals surface area contributed by atoms with E-state index in [1.165, 1.54) is 5.56 Å². The van der Waals surface area contributed by atoms with Gasteiger partial charge in [0.15, 0.2) is 0 Å². The first-order valence-electron chi connectivity index (χ1n) is 6.70. The Morgan fingerprint density at radius 1 is 1.35 bits per heavy atom. The summed E-state index contributed by atoms with van der Waals surface area (Å²) in [7, 11) is 0. The number of aryl methyl sites for hydroxylation is 1. The van der Waals surface area contributed by atoms with Crippen LogP contribution >= 0.6 is 15.9 Å². The zero-order valence-electron chi connectivity index (χ0n) is 11.9. The highest BCUT2D eigenvalue weighted by atomic mass is 79.9. The first-order valence-corrected chi connectivity index (χ1v) is 7.49. The fourth-order valence-electron chi connectivity index (χ4n) is 1.70. The average molecular weight is 339 g/mol. The van der Waals surface area contributed by atoms with E-state index in [-0.39, 0.29) is 6.04 Å². The van der Waals surface area contributed by atoms with Crippen LogP contribution in [-0.4, -0.2) is 16.7 Å². The summed E-state index contributed by atoms with van der Waals surface area (Å²) in [6.45, 7) is 7.10. The van der Waals surface area contributed by atoms with Crippen molar-refractivity contribution in [3.8, 4) is 0 Å². The highest BCUT2D eigenvalue weighted by molar-refractivity contribution is 9.10. The number of nitrogens with zero attached hydrogens (tertiary/aromatic N) is 2. The van der Waals surface area contributed by atoms with E-state index < -0.39 is 0 Å². The highest BCUT2D eigenvalue weighted by Crippen LogP contribution is 2.23. The van der Waals surface area contributed by atoms with Gasteiger partial charge in [-0.05, 0) is 44.5 Å². The van der Waals surface area contributed by atoms with Crippen LogP contribution in [0.25, 0.3) is 0 Å². The summed E-state index contributed by atoms with van der Waals surface area (Å²) in [6, 6.07) is 6.44. The van der Waals surface area contributed by atoms with Gasteiger partial charge in [-0.3, -0.25) is 0 Å². The van der Waals surface area contributed by atoms with Gasteiger partial charge in [0.25, 0.3) is 0 Å². The lowest BCUT2D eigenvalue weighted by molar-refractivity contribution is 0.424. The third kappa shape index (κ3) is 3.80. The molecule has 5 nitrogen and oxygen atoms in total. The highest BCUT2D eigenvalue weighted by Gasteiger charge is 2.13. The Morgan fingerprint density at radius 2 is 2.15 bits per heavy atom. The summed E-state index contributed by atoms with van der Waals surface area (Å²) in [5.74, 6) is 0.590. The van der Waals surface area contributed by atoms with Gasteiger partial charge in [0.05, 0.1) is 6.04 Å². The van der Waals surface area contributed by atoms with Crippen LogP contribution in [0.5, 0.6) is 0 Å². The lowest BCUT2D eigenvalue weighted by Gasteiger charge is -2.07. The molecule has 6 heteroatoms. The molecule has 20 heavy (non-hydrogen) atoms. The molecule has 0 aliphatic rings.